The summed E-state index contributed by atoms with van der Waals surface area (Å²) in [7, 11) is 0. The van der Waals surface area contributed by atoms with Crippen molar-refractivity contribution in [3.05, 3.63) is 35.0 Å². The van der Waals surface area contributed by atoms with Crippen LogP contribution in [0.1, 0.15) is 127 Å². The van der Waals surface area contributed by atoms with Crippen molar-refractivity contribution in [3.63, 3.8) is 0 Å². The highest BCUT2D eigenvalue weighted by Gasteiger charge is 2.50. The van der Waals surface area contributed by atoms with E-state index in [0.29, 0.717) is 30.7 Å². The van der Waals surface area contributed by atoms with Crippen molar-refractivity contribution in [1.29, 1.82) is 0 Å². The van der Waals surface area contributed by atoms with Crippen LogP contribution in [0.15, 0.2) is 30.2 Å². The van der Waals surface area contributed by atoms with Crippen LogP contribution in [0.2, 0.25) is 0 Å². The maximum Gasteiger partial charge on any atom is 0.289 e. The third kappa shape index (κ3) is 10.6. The van der Waals surface area contributed by atoms with Crippen molar-refractivity contribution in [2.45, 2.75) is 141 Å². The molecule has 2 heterocycles. The van der Waals surface area contributed by atoms with Crippen LogP contribution < -0.4 is 21.3 Å². The molecule has 5 rings (SSSR count). The average molecular weight is 752 g/mol. The second-order valence-electron chi connectivity index (χ2n) is 16.7. The highest BCUT2D eigenvalue weighted by Crippen LogP contribution is 2.42. The van der Waals surface area contributed by atoms with Crippen LogP contribution in [0, 0.1) is 29.1 Å². The lowest BCUT2D eigenvalue weighted by molar-refractivity contribution is -0.147. The molecule has 292 valence electrons. The molecule has 3 aliphatic carbocycles. The summed E-state index contributed by atoms with van der Waals surface area (Å²) in [4.78, 5) is 85.6. The predicted octanol–water partition coefficient (Wildman–Crippen LogP) is 5.30. The Kier molecular flexibility index (Phi) is 14.3. The van der Waals surface area contributed by atoms with Crippen LogP contribution >= 0.6 is 11.3 Å². The first kappa shape index (κ1) is 40.6. The summed E-state index contributed by atoms with van der Waals surface area (Å²) in [5, 5.41) is 13.6. The topological polar surface area (TPSA) is 154 Å². The van der Waals surface area contributed by atoms with Crippen LogP contribution in [0.5, 0.6) is 0 Å². The zero-order valence-electron chi connectivity index (χ0n) is 32.0. The lowest BCUT2D eigenvalue weighted by Crippen LogP contribution is -2.63. The molecule has 0 bridgehead atoms. The minimum atomic E-state index is -0.994. The molecule has 5 atom stereocenters. The molecule has 4 N–H and O–H groups in total. The second kappa shape index (κ2) is 18.7. The van der Waals surface area contributed by atoms with Gasteiger partial charge < -0.3 is 26.2 Å². The van der Waals surface area contributed by atoms with Crippen molar-refractivity contribution < 1.29 is 28.8 Å². The van der Waals surface area contributed by atoms with E-state index in [1.807, 2.05) is 11.4 Å². The van der Waals surface area contributed by atoms with E-state index in [9.17, 15) is 24.0 Å². The van der Waals surface area contributed by atoms with Crippen molar-refractivity contribution in [2.75, 3.05) is 13.1 Å². The van der Waals surface area contributed by atoms with Crippen molar-refractivity contribution in [3.8, 4) is 0 Å². The van der Waals surface area contributed by atoms with Gasteiger partial charge in [0.1, 0.15) is 18.1 Å². The van der Waals surface area contributed by atoms with E-state index in [-0.39, 0.29) is 47.9 Å². The fourth-order valence-electron chi connectivity index (χ4n) is 8.96. The van der Waals surface area contributed by atoms with Crippen LogP contribution in [0.25, 0.3) is 0 Å². The minimum absolute atomic E-state index is 0.0482. The number of ketones is 1. The molecular formula is C41H61N5O6S. The monoisotopic (exact) mass is 751 g/mol. The first-order chi connectivity index (χ1) is 25.4. The van der Waals surface area contributed by atoms with Crippen LogP contribution in [0.4, 0.5) is 0 Å². The predicted molar refractivity (Wildman–Crippen MR) is 206 cm³/mol. The number of carbonyl (C=O) groups is 6. The summed E-state index contributed by atoms with van der Waals surface area (Å²) in [5.74, 6) is -2.52. The number of hydrogen-bond acceptors (Lipinski definition) is 7. The van der Waals surface area contributed by atoms with Gasteiger partial charge in [-0.2, -0.15) is 0 Å². The van der Waals surface area contributed by atoms with Gasteiger partial charge in [-0.05, 0) is 85.5 Å². The summed E-state index contributed by atoms with van der Waals surface area (Å²) < 4.78 is 0. The molecule has 0 aromatic carbocycles. The Balaban J connectivity index is 1.42. The summed E-state index contributed by atoms with van der Waals surface area (Å²) in [5.41, 5.74) is -0.551. The number of carbonyl (C=O) groups excluding carboxylic acids is 6. The molecule has 0 spiro atoms. The lowest BCUT2D eigenvalue weighted by atomic mass is 9.69. The molecule has 1 aliphatic heterocycles. The van der Waals surface area contributed by atoms with E-state index in [0.717, 1.165) is 77.0 Å². The van der Waals surface area contributed by atoms with Crippen molar-refractivity contribution in [1.82, 2.24) is 26.2 Å². The van der Waals surface area contributed by atoms with E-state index in [1.165, 1.54) is 17.4 Å². The number of thiophene rings is 1. The van der Waals surface area contributed by atoms with Crippen LogP contribution in [-0.4, -0.2) is 77.5 Å². The second-order valence-corrected chi connectivity index (χ2v) is 17.7. The summed E-state index contributed by atoms with van der Waals surface area (Å²) in [6.07, 6.45) is 14.1. The van der Waals surface area contributed by atoms with E-state index in [2.05, 4.69) is 48.6 Å². The van der Waals surface area contributed by atoms with Gasteiger partial charge in [-0.3, -0.25) is 28.8 Å². The fraction of sp³-hybridized carbons (Fsp3) is 0.707. The largest absolute Gasteiger partial charge is 0.346 e. The summed E-state index contributed by atoms with van der Waals surface area (Å²) >= 11 is 1.32. The molecule has 4 aliphatic rings. The van der Waals surface area contributed by atoms with Crippen LogP contribution in [0.3, 0.4) is 0 Å². The normalized spacial score (nSPS) is 23.4. The van der Waals surface area contributed by atoms with Crippen molar-refractivity contribution >= 4 is 46.7 Å². The van der Waals surface area contributed by atoms with E-state index < -0.39 is 47.2 Å². The Hall–Kier alpha value is -3.54. The Labute approximate surface area is 319 Å². The van der Waals surface area contributed by atoms with Gasteiger partial charge in [0.15, 0.2) is 0 Å². The third-order valence-corrected chi connectivity index (χ3v) is 12.9. The lowest BCUT2D eigenvalue weighted by Gasteiger charge is -2.43. The highest BCUT2D eigenvalue weighted by atomic mass is 32.1. The number of nitrogens with one attached hydrogen (secondary N) is 4. The molecule has 1 saturated heterocycles. The highest BCUT2D eigenvalue weighted by molar-refractivity contribution is 7.12. The first-order valence-electron chi connectivity index (χ1n) is 20.1. The molecule has 12 heteroatoms. The number of Topliss-reactive ketones (excluding diaryl/α,β-unsaturated/α-hetero) is 1. The third-order valence-electron chi connectivity index (χ3n) is 12.0. The molecule has 53 heavy (non-hydrogen) atoms. The zero-order chi connectivity index (χ0) is 38.1. The molecule has 1 unspecified atom stereocenters. The Morgan fingerprint density at radius 2 is 1.62 bits per heavy atom. The van der Waals surface area contributed by atoms with E-state index in [1.54, 1.807) is 11.0 Å². The maximum atomic E-state index is 15.1. The molecule has 0 radical (unpaired) electrons. The number of rotatable bonds is 17. The van der Waals surface area contributed by atoms with Gasteiger partial charge in [0.25, 0.3) is 11.8 Å². The number of nitrogens with zero attached hydrogens (tertiary/aromatic N) is 1. The van der Waals surface area contributed by atoms with Crippen LogP contribution in [-0.2, 0) is 24.0 Å². The molecule has 1 aromatic rings. The summed E-state index contributed by atoms with van der Waals surface area (Å²) in [6, 6.07) is 0.0157. The Morgan fingerprint density at radius 3 is 2.25 bits per heavy atom. The molecule has 5 amide bonds. The number of likely N-dealkylation sites (tertiary alicyclic amines) is 1. The minimum Gasteiger partial charge on any atom is -0.346 e. The number of amides is 5. The SMILES string of the molecule is C=CCNC(=O)C(=O)C(CC1CC1)NC(=O)[C@@H]1[C@@H](CC(C)C)CCN1C(=O)[C@@H](NC(=O)[C@@H](NC(=O)c1cccs1)C1CCCCC1)C1(C)CCCCC1. The van der Waals surface area contributed by atoms with Gasteiger partial charge in [0.05, 0.1) is 10.9 Å². The molecule has 11 nitrogen and oxygen atoms in total. The van der Waals surface area contributed by atoms with Gasteiger partial charge in [0, 0.05) is 13.1 Å². The first-order valence-corrected chi connectivity index (χ1v) is 21.0. The molecular weight excluding hydrogens is 691 g/mol. The van der Waals surface area contributed by atoms with Gasteiger partial charge in [0.2, 0.25) is 23.5 Å². The zero-order valence-corrected chi connectivity index (χ0v) is 32.8. The number of hydrogen-bond donors (Lipinski definition) is 4. The van der Waals surface area contributed by atoms with Gasteiger partial charge >= 0.3 is 0 Å². The van der Waals surface area contributed by atoms with Gasteiger partial charge in [-0.25, -0.2) is 0 Å². The smallest absolute Gasteiger partial charge is 0.289 e. The standard InChI is InChI=1S/C41H61N5O6S/c1-5-21-42-39(51)34(47)30(25-27-16-17-27)43-38(50)33-29(24-26(2)3)18-22-46(33)40(52)35(41(4)19-10-7-11-20-41)45-37(49)32(28-13-8-6-9-14-28)44-36(48)31-15-12-23-53-31/h5,12,15,23,26-30,32-33,35H,1,6-11,13-14,16-22,24-25H2,2-4H3,(H,42,51)(H,43,50)(H,44,48)(H,45,49)/t29-,30?,32+,33+,35-/m1/s1. The van der Waals surface area contributed by atoms with E-state index in [4.69, 9.17) is 0 Å². The van der Waals surface area contributed by atoms with Crippen molar-refractivity contribution in [2.24, 2.45) is 29.1 Å². The summed E-state index contributed by atoms with van der Waals surface area (Å²) in [6.45, 7) is 10.3. The molecule has 1 aromatic heterocycles. The Morgan fingerprint density at radius 1 is 0.925 bits per heavy atom. The quantitative estimate of drug-likeness (QED) is 0.125. The Bertz CT molecular complexity index is 1460. The van der Waals surface area contributed by atoms with Gasteiger partial charge in [-0.1, -0.05) is 84.3 Å². The maximum absolute atomic E-state index is 15.1. The van der Waals surface area contributed by atoms with E-state index >= 15 is 4.79 Å². The average Bonchev–Trinajstić information content (AvgIpc) is 3.60. The fourth-order valence-corrected chi connectivity index (χ4v) is 9.59. The molecule has 4 fully saturated rings. The van der Waals surface area contributed by atoms with Gasteiger partial charge in [-0.15, -0.1) is 17.9 Å². The molecule has 3 saturated carbocycles.